The second-order valence-corrected chi connectivity index (χ2v) is 11.3. The summed E-state index contributed by atoms with van der Waals surface area (Å²) in [5.74, 6) is 2.07. The monoisotopic (exact) mass is 494 g/mol. The molecule has 0 radical (unpaired) electrons. The van der Waals surface area contributed by atoms with Crippen LogP contribution in [0.25, 0.3) is 28.0 Å². The summed E-state index contributed by atoms with van der Waals surface area (Å²) >= 11 is 0. The molecule has 2 aliphatic rings. The lowest BCUT2D eigenvalue weighted by Gasteiger charge is -2.23. The molecule has 37 heavy (non-hydrogen) atoms. The first-order chi connectivity index (χ1) is 17.6. The van der Waals surface area contributed by atoms with Crippen LogP contribution < -0.4 is 10.6 Å². The molecule has 0 unspecified atom stereocenters. The smallest absolute Gasteiger partial charge is 0.147 e. The molecule has 0 bridgehead atoms. The Labute approximate surface area is 215 Å². The molecule has 1 saturated heterocycles. The van der Waals surface area contributed by atoms with Crippen molar-refractivity contribution in [2.24, 2.45) is 17.6 Å². The lowest BCUT2D eigenvalue weighted by molar-refractivity contribution is 0.0782. The fourth-order valence-electron chi connectivity index (χ4n) is 5.96. The van der Waals surface area contributed by atoms with Gasteiger partial charge < -0.3 is 15.7 Å². The number of hydrogen-bond acceptors (Lipinski definition) is 8. The Kier molecular flexibility index (Phi) is 5.30. The van der Waals surface area contributed by atoms with Crippen molar-refractivity contribution in [3.63, 3.8) is 0 Å². The number of hydrogen-bond donors (Lipinski definition) is 2. The highest BCUT2D eigenvalue weighted by atomic mass is 16.3. The van der Waals surface area contributed by atoms with E-state index in [0.717, 1.165) is 54.1 Å². The van der Waals surface area contributed by atoms with Crippen molar-refractivity contribution in [3.8, 4) is 28.6 Å². The predicted molar refractivity (Wildman–Crippen MR) is 140 cm³/mol. The van der Waals surface area contributed by atoms with Crippen LogP contribution in [0.1, 0.15) is 44.7 Å². The van der Waals surface area contributed by atoms with Crippen molar-refractivity contribution in [2.75, 3.05) is 18.0 Å². The average molecular weight is 495 g/mol. The van der Waals surface area contributed by atoms with Crippen molar-refractivity contribution < 1.29 is 5.11 Å². The summed E-state index contributed by atoms with van der Waals surface area (Å²) < 4.78 is 1.69. The van der Waals surface area contributed by atoms with Crippen LogP contribution in [0.4, 0.5) is 5.82 Å². The average Bonchev–Trinajstić information content (AvgIpc) is 3.53. The zero-order chi connectivity index (χ0) is 25.9. The second-order valence-electron chi connectivity index (χ2n) is 11.3. The number of aromatic nitrogens is 5. The van der Waals surface area contributed by atoms with Gasteiger partial charge in [0, 0.05) is 47.7 Å². The zero-order valence-electron chi connectivity index (χ0n) is 21.3. The number of nitrogens with two attached hydrogens (primary N) is 1. The normalized spacial score (nSPS) is 23.4. The summed E-state index contributed by atoms with van der Waals surface area (Å²) in [6.07, 6.45) is 10.8. The van der Waals surface area contributed by atoms with Crippen LogP contribution in [-0.2, 0) is 5.60 Å². The van der Waals surface area contributed by atoms with Crippen molar-refractivity contribution >= 4 is 11.3 Å². The quantitative estimate of drug-likeness (QED) is 0.441. The van der Waals surface area contributed by atoms with Crippen LogP contribution in [0, 0.1) is 23.2 Å². The molecule has 4 aromatic rings. The van der Waals surface area contributed by atoms with E-state index in [4.69, 9.17) is 15.7 Å². The maximum Gasteiger partial charge on any atom is 0.147 e. The fourth-order valence-corrected chi connectivity index (χ4v) is 5.96. The van der Waals surface area contributed by atoms with E-state index in [1.165, 1.54) is 0 Å². The minimum absolute atomic E-state index is 0.0550. The van der Waals surface area contributed by atoms with E-state index in [1.54, 1.807) is 37.0 Å². The van der Waals surface area contributed by atoms with Gasteiger partial charge in [-0.1, -0.05) is 6.07 Å². The van der Waals surface area contributed by atoms with Gasteiger partial charge in [-0.3, -0.25) is 9.97 Å². The summed E-state index contributed by atoms with van der Waals surface area (Å²) in [4.78, 5) is 16.4. The lowest BCUT2D eigenvalue weighted by Crippen LogP contribution is -2.35. The van der Waals surface area contributed by atoms with Crippen LogP contribution in [0.3, 0.4) is 0 Å². The van der Waals surface area contributed by atoms with Gasteiger partial charge in [0.05, 0.1) is 46.7 Å². The molecule has 4 aromatic heterocycles. The molecule has 3 N–H and O–H groups in total. The van der Waals surface area contributed by atoms with Crippen LogP contribution in [0.2, 0.25) is 0 Å². The van der Waals surface area contributed by atoms with E-state index >= 15 is 0 Å². The third-order valence-electron chi connectivity index (χ3n) is 7.77. The summed E-state index contributed by atoms with van der Waals surface area (Å²) in [7, 11) is 0. The highest BCUT2D eigenvalue weighted by molar-refractivity contribution is 5.85. The predicted octanol–water partition coefficient (Wildman–Crippen LogP) is 3.52. The van der Waals surface area contributed by atoms with E-state index in [1.807, 2.05) is 30.6 Å². The number of fused-ring (bicyclic) bond motifs is 2. The van der Waals surface area contributed by atoms with Crippen molar-refractivity contribution in [3.05, 3.63) is 60.3 Å². The molecule has 5 heterocycles. The van der Waals surface area contributed by atoms with E-state index in [9.17, 15) is 10.4 Å². The molecule has 1 aliphatic heterocycles. The van der Waals surface area contributed by atoms with Gasteiger partial charge in [-0.25, -0.2) is 9.50 Å². The number of aliphatic hydroxyl groups is 1. The van der Waals surface area contributed by atoms with E-state index in [0.29, 0.717) is 28.6 Å². The maximum atomic E-state index is 10.3. The van der Waals surface area contributed by atoms with Crippen LogP contribution in [0.15, 0.2) is 49.2 Å². The van der Waals surface area contributed by atoms with Gasteiger partial charge in [0.2, 0.25) is 0 Å². The number of rotatable bonds is 4. The second kappa shape index (κ2) is 8.33. The number of nitriles is 1. The SMILES string of the molecule is CC(C)(O)c1ccc(-c2cc(-c3cnc(N4C[C@@H]5C[C@@](C)(N)C[C@@H]5C4)cn3)c3c(C#N)cnn3c2)nc1. The topological polar surface area (TPSA) is 129 Å². The standard InChI is InChI=1S/C28H30N8O/c1-27(2,37)21-4-5-23(31-11-21)17-6-22(26-20(9-29)10-34-36(26)16-17)24-12-33-25(13-32-24)35-14-18-7-28(3,30)8-19(18)15-35/h4-6,10-13,16,18-19,37H,7-8,14-15,30H2,1-3H3/t18-,19+,28+. The maximum absolute atomic E-state index is 10.3. The molecule has 1 saturated carbocycles. The Morgan fingerprint density at radius 3 is 2.38 bits per heavy atom. The summed E-state index contributed by atoms with van der Waals surface area (Å²) in [5, 5.41) is 24.4. The van der Waals surface area contributed by atoms with E-state index < -0.39 is 5.60 Å². The first kappa shape index (κ1) is 23.5. The van der Waals surface area contributed by atoms with Crippen molar-refractivity contribution in [1.82, 2.24) is 24.6 Å². The minimum Gasteiger partial charge on any atom is -0.386 e. The number of anilines is 1. The van der Waals surface area contributed by atoms with Crippen molar-refractivity contribution in [2.45, 2.75) is 44.8 Å². The summed E-state index contributed by atoms with van der Waals surface area (Å²) in [6, 6.07) is 7.94. The number of pyridine rings is 2. The summed E-state index contributed by atoms with van der Waals surface area (Å²) in [5.41, 5.74) is 10.2. The van der Waals surface area contributed by atoms with Gasteiger partial charge >= 0.3 is 0 Å². The van der Waals surface area contributed by atoms with Gasteiger partial charge in [-0.2, -0.15) is 10.4 Å². The first-order valence-electron chi connectivity index (χ1n) is 12.6. The molecule has 0 aromatic carbocycles. The zero-order valence-corrected chi connectivity index (χ0v) is 21.3. The molecule has 1 aliphatic carbocycles. The first-order valence-corrected chi connectivity index (χ1v) is 12.6. The third kappa shape index (κ3) is 4.22. The Hall–Kier alpha value is -3.87. The van der Waals surface area contributed by atoms with Crippen molar-refractivity contribution in [1.29, 1.82) is 5.26 Å². The molecule has 9 nitrogen and oxygen atoms in total. The summed E-state index contributed by atoms with van der Waals surface area (Å²) in [6.45, 7) is 7.53. The molecule has 3 atom stereocenters. The van der Waals surface area contributed by atoms with Gasteiger partial charge in [-0.05, 0) is 57.6 Å². The Balaban J connectivity index is 1.35. The molecule has 0 spiro atoms. The van der Waals surface area contributed by atoms with E-state index in [-0.39, 0.29) is 5.54 Å². The van der Waals surface area contributed by atoms with E-state index in [2.05, 4.69) is 28.0 Å². The number of nitrogens with zero attached hydrogens (tertiary/aromatic N) is 7. The molecule has 0 amide bonds. The third-order valence-corrected chi connectivity index (χ3v) is 7.77. The van der Waals surface area contributed by atoms with Gasteiger partial charge in [0.1, 0.15) is 11.9 Å². The molecule has 188 valence electrons. The fraction of sp³-hybridized carbons (Fsp3) is 0.393. The molecule has 6 rings (SSSR count). The Bertz CT molecular complexity index is 1490. The van der Waals surface area contributed by atoms with Crippen LogP contribution >= 0.6 is 0 Å². The Morgan fingerprint density at radius 2 is 1.78 bits per heavy atom. The van der Waals surface area contributed by atoms with Crippen LogP contribution in [-0.4, -0.2) is 48.3 Å². The highest BCUT2D eigenvalue weighted by Crippen LogP contribution is 2.43. The van der Waals surface area contributed by atoms with Gasteiger partial charge in [0.15, 0.2) is 0 Å². The lowest BCUT2D eigenvalue weighted by atomic mass is 9.99. The van der Waals surface area contributed by atoms with Gasteiger partial charge in [0.25, 0.3) is 0 Å². The molecule has 9 heteroatoms. The molecular weight excluding hydrogens is 464 g/mol. The van der Waals surface area contributed by atoms with Gasteiger partial charge in [-0.15, -0.1) is 0 Å². The largest absolute Gasteiger partial charge is 0.386 e. The Morgan fingerprint density at radius 1 is 1.05 bits per heavy atom. The molecular formula is C28H30N8O. The van der Waals surface area contributed by atoms with Crippen LogP contribution in [0.5, 0.6) is 0 Å². The highest BCUT2D eigenvalue weighted by Gasteiger charge is 2.45. The molecule has 2 fully saturated rings. The minimum atomic E-state index is -0.973.